The standard InChI is InChI=1S/2C22H14/c2*1-3-7-19-15(5-1)9-11-17-13-18-12-10-16-6-2-4-8-20(16)22(18)14-21(17)19/h2*1-14H. The van der Waals surface area contributed by atoms with Crippen molar-refractivity contribution in [3.8, 4) is 0 Å². The first-order chi connectivity index (χ1) is 21.8. The van der Waals surface area contributed by atoms with E-state index in [4.69, 9.17) is 0 Å². The van der Waals surface area contributed by atoms with E-state index in [-0.39, 0.29) is 0 Å². The summed E-state index contributed by atoms with van der Waals surface area (Å²) in [4.78, 5) is 0. The zero-order chi connectivity index (χ0) is 29.0. The predicted molar refractivity (Wildman–Crippen MR) is 193 cm³/mol. The molecule has 10 rings (SSSR count). The van der Waals surface area contributed by atoms with Gasteiger partial charge in [-0.25, -0.2) is 0 Å². The molecule has 0 aromatic heterocycles. The van der Waals surface area contributed by atoms with Gasteiger partial charge in [0, 0.05) is 0 Å². The maximum atomic E-state index is 2.36. The number of hydrogen-bond donors (Lipinski definition) is 0. The Morgan fingerprint density at radius 1 is 0.159 bits per heavy atom. The van der Waals surface area contributed by atoms with Gasteiger partial charge in [0.25, 0.3) is 0 Å². The van der Waals surface area contributed by atoms with Crippen molar-refractivity contribution in [3.63, 3.8) is 0 Å². The Bertz CT molecular complexity index is 2340. The Labute approximate surface area is 255 Å². The molecule has 0 N–H and O–H groups in total. The molecule has 0 radical (unpaired) electrons. The van der Waals surface area contributed by atoms with Crippen molar-refractivity contribution in [2.24, 2.45) is 0 Å². The first-order valence-electron chi connectivity index (χ1n) is 15.3. The SMILES string of the molecule is c1ccc2c(c1)ccc1cc3ccc4ccccc4c3cc12.c1ccc2c(c1)ccc1cc3ccc4ccccc4c3cc12. The molecule has 0 heterocycles. The molecule has 0 amide bonds. The quantitative estimate of drug-likeness (QED) is 0.129. The summed E-state index contributed by atoms with van der Waals surface area (Å²) in [5.74, 6) is 0. The third-order valence-electron chi connectivity index (χ3n) is 9.22. The molecule has 0 saturated carbocycles. The molecule has 0 spiro atoms. The summed E-state index contributed by atoms with van der Waals surface area (Å²) < 4.78 is 0. The van der Waals surface area contributed by atoms with E-state index in [9.17, 15) is 0 Å². The molecule has 44 heavy (non-hydrogen) atoms. The highest BCUT2D eigenvalue weighted by atomic mass is 14.1. The minimum atomic E-state index is 1.30. The van der Waals surface area contributed by atoms with Crippen LogP contribution in [0.1, 0.15) is 0 Å². The summed E-state index contributed by atoms with van der Waals surface area (Å²) in [6, 6.07) is 61.6. The molecule has 0 unspecified atom stereocenters. The van der Waals surface area contributed by atoms with Gasteiger partial charge in [0.05, 0.1) is 0 Å². The van der Waals surface area contributed by atoms with Crippen molar-refractivity contribution in [2.75, 3.05) is 0 Å². The Morgan fingerprint density at radius 3 is 0.659 bits per heavy atom. The Hall–Kier alpha value is -5.72. The lowest BCUT2D eigenvalue weighted by atomic mass is 9.95. The lowest BCUT2D eigenvalue weighted by molar-refractivity contribution is 1.78. The van der Waals surface area contributed by atoms with Crippen molar-refractivity contribution < 1.29 is 0 Å². The van der Waals surface area contributed by atoms with Gasteiger partial charge in [-0.2, -0.15) is 0 Å². The van der Waals surface area contributed by atoms with Gasteiger partial charge in [0.1, 0.15) is 0 Å². The van der Waals surface area contributed by atoms with E-state index < -0.39 is 0 Å². The zero-order valence-corrected chi connectivity index (χ0v) is 24.2. The molecule has 204 valence electrons. The van der Waals surface area contributed by atoms with Gasteiger partial charge < -0.3 is 0 Å². The van der Waals surface area contributed by atoms with E-state index >= 15 is 0 Å². The van der Waals surface area contributed by atoms with Crippen LogP contribution >= 0.6 is 0 Å². The van der Waals surface area contributed by atoms with Crippen LogP contribution in [0, 0.1) is 0 Å². The molecule has 0 saturated heterocycles. The number of fused-ring (bicyclic) bond motifs is 12. The normalized spacial score (nSPS) is 11.6. The number of benzene rings is 10. The van der Waals surface area contributed by atoms with Crippen molar-refractivity contribution in [1.82, 2.24) is 0 Å². The summed E-state index contributed by atoms with van der Waals surface area (Å²) in [7, 11) is 0. The molecule has 0 aliphatic carbocycles. The minimum absolute atomic E-state index is 1.30. The average Bonchev–Trinajstić information content (AvgIpc) is 3.10. The average molecular weight is 557 g/mol. The Balaban J connectivity index is 0.000000123. The molecule has 0 atom stereocenters. The molecule has 0 aliphatic heterocycles. The molecule has 0 bridgehead atoms. The minimum Gasteiger partial charge on any atom is -0.0616 e. The van der Waals surface area contributed by atoms with Gasteiger partial charge in [0.15, 0.2) is 0 Å². The fourth-order valence-corrected chi connectivity index (χ4v) is 7.02. The summed E-state index contributed by atoms with van der Waals surface area (Å²) in [5, 5.41) is 21.1. The number of rotatable bonds is 0. The summed E-state index contributed by atoms with van der Waals surface area (Å²) >= 11 is 0. The van der Waals surface area contributed by atoms with Crippen LogP contribution in [0.3, 0.4) is 0 Å². The number of hydrogen-bond acceptors (Lipinski definition) is 0. The predicted octanol–water partition coefficient (Wildman–Crippen LogP) is 12.6. The van der Waals surface area contributed by atoms with Gasteiger partial charge in [-0.05, 0) is 110 Å². The largest absolute Gasteiger partial charge is 0.0616 e. The highest BCUT2D eigenvalue weighted by Crippen LogP contribution is 2.34. The van der Waals surface area contributed by atoms with Crippen molar-refractivity contribution in [3.05, 3.63) is 170 Å². The van der Waals surface area contributed by atoms with Crippen LogP contribution in [0.2, 0.25) is 0 Å². The van der Waals surface area contributed by atoms with Crippen LogP contribution in [-0.2, 0) is 0 Å². The summed E-state index contributed by atoms with van der Waals surface area (Å²) in [6.45, 7) is 0. The van der Waals surface area contributed by atoms with E-state index in [1.54, 1.807) is 0 Å². The van der Waals surface area contributed by atoms with Crippen LogP contribution in [0.5, 0.6) is 0 Å². The Kier molecular flexibility index (Phi) is 5.61. The molecular formula is C44H28. The lowest BCUT2D eigenvalue weighted by Crippen LogP contribution is -1.81. The lowest BCUT2D eigenvalue weighted by Gasteiger charge is -2.08. The second-order valence-electron chi connectivity index (χ2n) is 11.7. The molecule has 0 aliphatic rings. The van der Waals surface area contributed by atoms with Crippen molar-refractivity contribution in [2.45, 2.75) is 0 Å². The fraction of sp³-hybridized carbons (Fsp3) is 0. The molecular weight excluding hydrogens is 528 g/mol. The maximum Gasteiger partial charge on any atom is -0.00988 e. The second kappa shape index (κ2) is 9.93. The second-order valence-corrected chi connectivity index (χ2v) is 11.7. The molecule has 0 fully saturated rings. The van der Waals surface area contributed by atoms with Crippen LogP contribution in [0.25, 0.3) is 86.2 Å². The highest BCUT2D eigenvalue weighted by Gasteiger charge is 2.07. The summed E-state index contributed by atoms with van der Waals surface area (Å²) in [6.07, 6.45) is 0. The van der Waals surface area contributed by atoms with Crippen molar-refractivity contribution >= 4 is 86.2 Å². The van der Waals surface area contributed by atoms with Gasteiger partial charge in [-0.1, -0.05) is 146 Å². The monoisotopic (exact) mass is 556 g/mol. The van der Waals surface area contributed by atoms with Crippen LogP contribution in [0.4, 0.5) is 0 Å². The van der Waals surface area contributed by atoms with Crippen LogP contribution in [0.15, 0.2) is 170 Å². The third-order valence-corrected chi connectivity index (χ3v) is 9.22. The molecule has 10 aromatic carbocycles. The first kappa shape index (κ1) is 24.8. The van der Waals surface area contributed by atoms with Crippen molar-refractivity contribution in [1.29, 1.82) is 0 Å². The van der Waals surface area contributed by atoms with Crippen LogP contribution < -0.4 is 0 Å². The van der Waals surface area contributed by atoms with E-state index in [0.29, 0.717) is 0 Å². The van der Waals surface area contributed by atoms with E-state index in [1.165, 1.54) is 86.2 Å². The third kappa shape index (κ3) is 4.00. The van der Waals surface area contributed by atoms with Gasteiger partial charge in [-0.3, -0.25) is 0 Å². The topological polar surface area (TPSA) is 0 Å². The van der Waals surface area contributed by atoms with E-state index in [0.717, 1.165) is 0 Å². The molecule has 0 nitrogen and oxygen atoms in total. The maximum absolute atomic E-state index is 2.36. The van der Waals surface area contributed by atoms with E-state index in [2.05, 4.69) is 170 Å². The zero-order valence-electron chi connectivity index (χ0n) is 24.2. The van der Waals surface area contributed by atoms with Gasteiger partial charge in [0.2, 0.25) is 0 Å². The van der Waals surface area contributed by atoms with E-state index in [1.807, 2.05) is 0 Å². The fourth-order valence-electron chi connectivity index (χ4n) is 7.02. The van der Waals surface area contributed by atoms with Gasteiger partial charge in [-0.15, -0.1) is 0 Å². The molecule has 0 heteroatoms. The molecule has 10 aromatic rings. The first-order valence-corrected chi connectivity index (χ1v) is 15.3. The van der Waals surface area contributed by atoms with Crippen LogP contribution in [-0.4, -0.2) is 0 Å². The highest BCUT2D eigenvalue weighted by molar-refractivity contribution is 6.18. The van der Waals surface area contributed by atoms with Gasteiger partial charge >= 0.3 is 0 Å². The summed E-state index contributed by atoms with van der Waals surface area (Å²) in [5.41, 5.74) is 0. The Morgan fingerprint density at radius 2 is 0.386 bits per heavy atom. The smallest absolute Gasteiger partial charge is 0.00988 e.